The number of hydrogen-bond donors (Lipinski definition) is 1. The van der Waals surface area contributed by atoms with Crippen LogP contribution < -0.4 is 20.6 Å². The monoisotopic (exact) mass is 641 g/mol. The van der Waals surface area contributed by atoms with Crippen LogP contribution in [0.15, 0.2) is 0 Å². The molecule has 1 rings (SSSR count). The lowest BCUT2D eigenvalue weighted by Crippen LogP contribution is -2.44. The van der Waals surface area contributed by atoms with Gasteiger partial charge in [0.15, 0.2) is 0 Å². The highest BCUT2D eigenvalue weighted by molar-refractivity contribution is 6.75. The van der Waals surface area contributed by atoms with E-state index in [0.29, 0.717) is 0 Å². The Bertz CT molecular complexity index is 843. The molecule has 0 heterocycles. The zero-order valence-corrected chi connectivity index (χ0v) is 32.6. The molecule has 0 aliphatic heterocycles. The van der Waals surface area contributed by atoms with Crippen LogP contribution in [-0.2, 0) is 35.0 Å². The summed E-state index contributed by atoms with van der Waals surface area (Å²) in [7, 11) is 4.52. The van der Waals surface area contributed by atoms with Crippen molar-refractivity contribution in [3.63, 3.8) is 0 Å². The Kier molecular flexibility index (Phi) is 18.9. The molecule has 1 N–H and O–H groups in total. The predicted molar refractivity (Wildman–Crippen MR) is 181 cm³/mol. The lowest BCUT2D eigenvalue weighted by molar-refractivity contribution is 0.123. The second-order valence-electron chi connectivity index (χ2n) is 10.5. The maximum atomic E-state index is 5.68. The fraction of sp³-hybridized carbons (Fsp3) is 0.786. The molecule has 0 amide bonds. The molecule has 0 fully saturated rings. The molecule has 0 aliphatic rings. The predicted octanol–water partition coefficient (Wildman–Crippen LogP) is 3.57. The van der Waals surface area contributed by atoms with E-state index in [1.807, 2.05) is 0 Å². The third-order valence-corrected chi connectivity index (χ3v) is 16.4. The van der Waals surface area contributed by atoms with Gasteiger partial charge in [0.1, 0.15) is 0 Å². The van der Waals surface area contributed by atoms with Gasteiger partial charge < -0.3 is 32.3 Å². The minimum Gasteiger partial charge on any atom is -0.397 e. The number of hydrogen-bond acceptors (Lipinski definition) is 7. The van der Waals surface area contributed by atoms with Crippen molar-refractivity contribution in [3.05, 3.63) is 16.7 Å². The van der Waals surface area contributed by atoms with Gasteiger partial charge in [-0.25, -0.2) is 0 Å². The first-order valence-electron chi connectivity index (χ1n) is 14.7. The summed E-state index contributed by atoms with van der Waals surface area (Å²) in [6.07, 6.45) is 4.27. The standard InChI is InChI=1S/C28H57N2O5Si5/c1-13-30(14-2)26-25(16-19-36-22-29-18-15-21-40(33-6,34-7)35-8)27(37(9)10)23(3)24(28(26)38(11)12)17-20-39(31-4)32-5/h29H,13-22H2,1-12H3. The Morgan fingerprint density at radius 1 is 0.825 bits per heavy atom. The van der Waals surface area contributed by atoms with Crippen LogP contribution in [0.3, 0.4) is 0 Å². The normalized spacial score (nSPS) is 12.4. The molecule has 0 spiro atoms. The molecule has 1 aromatic rings. The van der Waals surface area contributed by atoms with Gasteiger partial charge in [-0.15, -0.1) is 0 Å². The highest BCUT2D eigenvalue weighted by atomic mass is 28.4. The van der Waals surface area contributed by atoms with Crippen LogP contribution in [0.5, 0.6) is 0 Å². The zero-order valence-electron chi connectivity index (χ0n) is 27.6. The molecule has 0 bridgehead atoms. The first-order valence-corrected chi connectivity index (χ1v) is 24.5. The Morgan fingerprint density at radius 3 is 1.88 bits per heavy atom. The van der Waals surface area contributed by atoms with E-state index in [9.17, 15) is 0 Å². The SMILES string of the molecule is CCN(CC)c1c(CC[Si]CNCCC[Si](OC)(OC)OC)c([Si](C)C)c(C)c(CC[Si](OC)OC)c1[Si](C)C. The van der Waals surface area contributed by atoms with Gasteiger partial charge in [0.25, 0.3) is 0 Å². The van der Waals surface area contributed by atoms with Gasteiger partial charge in [0.05, 0.1) is 27.1 Å². The van der Waals surface area contributed by atoms with Crippen LogP contribution in [0.2, 0.25) is 44.3 Å². The molecule has 229 valence electrons. The van der Waals surface area contributed by atoms with E-state index in [0.717, 1.165) is 60.3 Å². The average Bonchev–Trinajstić information content (AvgIpc) is 2.94. The van der Waals surface area contributed by atoms with Crippen molar-refractivity contribution in [1.29, 1.82) is 0 Å². The summed E-state index contributed by atoms with van der Waals surface area (Å²) >= 11 is 0. The summed E-state index contributed by atoms with van der Waals surface area (Å²) < 4.78 is 28.0. The van der Waals surface area contributed by atoms with Crippen LogP contribution in [0.4, 0.5) is 5.69 Å². The molecule has 0 saturated heterocycles. The summed E-state index contributed by atoms with van der Waals surface area (Å²) in [5.41, 5.74) is 6.38. The number of nitrogens with zero attached hydrogens (tertiary/aromatic N) is 1. The van der Waals surface area contributed by atoms with Crippen molar-refractivity contribution in [2.75, 3.05) is 66.3 Å². The lowest BCUT2D eigenvalue weighted by atomic mass is 9.97. The highest BCUT2D eigenvalue weighted by Gasteiger charge is 2.36. The second-order valence-corrected chi connectivity index (χ2v) is 22.0. The number of anilines is 1. The molecule has 7 nitrogen and oxygen atoms in total. The van der Waals surface area contributed by atoms with Gasteiger partial charge in [-0.2, -0.15) is 0 Å². The van der Waals surface area contributed by atoms with Crippen LogP contribution >= 0.6 is 0 Å². The third-order valence-electron chi connectivity index (χ3n) is 7.64. The minimum atomic E-state index is -2.47. The Hall–Kier alpha value is -0.136. The van der Waals surface area contributed by atoms with Gasteiger partial charge >= 0.3 is 18.1 Å². The molecule has 12 heteroatoms. The Balaban J connectivity index is 3.19. The van der Waals surface area contributed by atoms with E-state index >= 15 is 0 Å². The van der Waals surface area contributed by atoms with Gasteiger partial charge in [-0.1, -0.05) is 37.4 Å². The molecular weight excluding hydrogens is 585 g/mol. The van der Waals surface area contributed by atoms with Crippen molar-refractivity contribution >= 4 is 61.3 Å². The van der Waals surface area contributed by atoms with Crippen LogP contribution in [0, 0.1) is 6.92 Å². The molecule has 0 aliphatic carbocycles. The maximum absolute atomic E-state index is 5.68. The fourth-order valence-corrected chi connectivity index (χ4v) is 12.8. The fourth-order valence-electron chi connectivity index (χ4n) is 5.62. The molecule has 40 heavy (non-hydrogen) atoms. The molecule has 0 aromatic heterocycles. The summed E-state index contributed by atoms with van der Waals surface area (Å²) in [6.45, 7) is 20.0. The molecule has 5 radical (unpaired) electrons. The van der Waals surface area contributed by atoms with Gasteiger partial charge in [0.2, 0.25) is 0 Å². The van der Waals surface area contributed by atoms with Crippen LogP contribution in [0.25, 0.3) is 0 Å². The lowest BCUT2D eigenvalue weighted by Gasteiger charge is -2.34. The summed E-state index contributed by atoms with van der Waals surface area (Å²) in [4.78, 5) is 2.65. The molecule has 0 atom stereocenters. The number of nitrogens with one attached hydrogen (secondary N) is 1. The Morgan fingerprint density at radius 2 is 1.40 bits per heavy atom. The topological polar surface area (TPSA) is 61.4 Å². The first-order chi connectivity index (χ1) is 19.1. The van der Waals surface area contributed by atoms with E-state index in [2.05, 4.69) is 57.2 Å². The van der Waals surface area contributed by atoms with E-state index in [1.165, 1.54) is 12.5 Å². The van der Waals surface area contributed by atoms with E-state index in [4.69, 9.17) is 22.1 Å². The second kappa shape index (κ2) is 19.9. The van der Waals surface area contributed by atoms with E-state index in [1.54, 1.807) is 68.3 Å². The Labute approximate surface area is 255 Å². The van der Waals surface area contributed by atoms with Gasteiger partial charge in [-0.05, 0) is 80.7 Å². The van der Waals surface area contributed by atoms with Crippen molar-refractivity contribution in [3.8, 4) is 0 Å². The number of benzene rings is 1. The van der Waals surface area contributed by atoms with E-state index < -0.39 is 35.7 Å². The zero-order chi connectivity index (χ0) is 30.3. The van der Waals surface area contributed by atoms with Crippen molar-refractivity contribution < 1.29 is 22.1 Å². The molecular formula is C28H57N2O5Si5. The van der Waals surface area contributed by atoms with Crippen molar-refractivity contribution in [1.82, 2.24) is 5.32 Å². The molecule has 1 aromatic carbocycles. The molecule has 0 saturated carbocycles. The first kappa shape index (κ1) is 37.9. The van der Waals surface area contributed by atoms with Crippen LogP contribution in [0.1, 0.15) is 37.0 Å². The van der Waals surface area contributed by atoms with Crippen molar-refractivity contribution in [2.45, 2.75) is 84.4 Å². The smallest absolute Gasteiger partial charge is 0.397 e. The summed E-state index contributed by atoms with van der Waals surface area (Å²) in [6, 6.07) is 3.05. The average molecular weight is 642 g/mol. The third kappa shape index (κ3) is 10.5. The van der Waals surface area contributed by atoms with Gasteiger partial charge in [0, 0.05) is 60.4 Å². The van der Waals surface area contributed by atoms with Gasteiger partial charge in [-0.3, -0.25) is 0 Å². The highest BCUT2D eigenvalue weighted by Crippen LogP contribution is 2.26. The minimum absolute atomic E-state index is 0.645. The quantitative estimate of drug-likeness (QED) is 0.154. The van der Waals surface area contributed by atoms with Crippen molar-refractivity contribution in [2.24, 2.45) is 0 Å². The largest absolute Gasteiger partial charge is 0.500 e. The van der Waals surface area contributed by atoms with Crippen LogP contribution in [-0.4, -0.2) is 107 Å². The van der Waals surface area contributed by atoms with E-state index in [-0.39, 0.29) is 0 Å². The maximum Gasteiger partial charge on any atom is 0.500 e. The molecule has 0 unspecified atom stereocenters. The summed E-state index contributed by atoms with van der Waals surface area (Å²) in [5, 5.41) is 6.98. The number of rotatable bonds is 22. The summed E-state index contributed by atoms with van der Waals surface area (Å²) in [5.74, 6) is 0.